The van der Waals surface area contributed by atoms with Gasteiger partial charge in [0, 0.05) is 0 Å². The van der Waals surface area contributed by atoms with Gasteiger partial charge in [0.15, 0.2) is 16.6 Å². The molecule has 5 aromatic rings. The molecular weight excluding hydrogens is 447 g/mol. The standard InChI is InChI=1S/C24H17FN2O5S/c1-12-3-10-17(32-12)21(28)19-20(13-4-6-14(25)7-5-13)27(23(30)22(19)29)24-26-16-9-8-15(31-2)11-18(16)33-24/h3-11,29-30H,1-2H3. The van der Waals surface area contributed by atoms with Crippen molar-refractivity contribution in [1.29, 1.82) is 0 Å². The van der Waals surface area contributed by atoms with E-state index in [4.69, 9.17) is 9.15 Å². The van der Waals surface area contributed by atoms with Crippen LogP contribution in [-0.4, -0.2) is 32.7 Å². The maximum Gasteiger partial charge on any atom is 0.242 e. The Balaban J connectivity index is 1.79. The van der Waals surface area contributed by atoms with Crippen molar-refractivity contribution in [3.63, 3.8) is 0 Å². The van der Waals surface area contributed by atoms with Crippen LogP contribution in [0, 0.1) is 12.7 Å². The number of nitrogens with zero attached hydrogens (tertiary/aromatic N) is 2. The van der Waals surface area contributed by atoms with E-state index < -0.39 is 23.2 Å². The molecule has 0 bridgehead atoms. The zero-order valence-corrected chi connectivity index (χ0v) is 18.3. The summed E-state index contributed by atoms with van der Waals surface area (Å²) in [7, 11) is 1.56. The first-order chi connectivity index (χ1) is 15.9. The summed E-state index contributed by atoms with van der Waals surface area (Å²) in [6.45, 7) is 1.69. The van der Waals surface area contributed by atoms with Gasteiger partial charge in [-0.15, -0.1) is 0 Å². The Morgan fingerprint density at radius 3 is 2.55 bits per heavy atom. The lowest BCUT2D eigenvalue weighted by atomic mass is 10.0. The van der Waals surface area contributed by atoms with Crippen molar-refractivity contribution in [1.82, 2.24) is 9.55 Å². The summed E-state index contributed by atoms with van der Waals surface area (Å²) in [5.74, 6) is -1.12. The van der Waals surface area contributed by atoms with E-state index in [0.717, 1.165) is 4.70 Å². The lowest BCUT2D eigenvalue weighted by molar-refractivity contribution is 0.101. The Bertz CT molecular complexity index is 1510. The second kappa shape index (κ2) is 7.79. The van der Waals surface area contributed by atoms with Crippen molar-refractivity contribution in [2.45, 2.75) is 6.92 Å². The van der Waals surface area contributed by atoms with Crippen LogP contribution in [0.4, 0.5) is 4.39 Å². The van der Waals surface area contributed by atoms with Gasteiger partial charge in [0.1, 0.15) is 17.3 Å². The smallest absolute Gasteiger partial charge is 0.242 e. The van der Waals surface area contributed by atoms with E-state index in [2.05, 4.69) is 4.98 Å². The molecule has 3 heterocycles. The van der Waals surface area contributed by atoms with Crippen LogP contribution in [0.2, 0.25) is 0 Å². The Labute approximate surface area is 190 Å². The van der Waals surface area contributed by atoms with Gasteiger partial charge in [0.05, 0.1) is 28.6 Å². The normalized spacial score (nSPS) is 11.2. The van der Waals surface area contributed by atoms with Gasteiger partial charge in [0.25, 0.3) is 0 Å². The van der Waals surface area contributed by atoms with E-state index in [1.165, 1.54) is 46.2 Å². The molecule has 0 radical (unpaired) electrons. The molecule has 0 aliphatic carbocycles. The largest absolute Gasteiger partial charge is 0.503 e. The average Bonchev–Trinajstić information content (AvgIpc) is 3.49. The summed E-state index contributed by atoms with van der Waals surface area (Å²) in [5, 5.41) is 22.0. The molecule has 2 N–H and O–H groups in total. The number of carbonyl (C=O) groups is 1. The van der Waals surface area contributed by atoms with Gasteiger partial charge in [-0.05, 0) is 67.1 Å². The van der Waals surface area contributed by atoms with Gasteiger partial charge in [-0.2, -0.15) is 0 Å². The zero-order chi connectivity index (χ0) is 23.3. The highest BCUT2D eigenvalue weighted by Gasteiger charge is 2.32. The van der Waals surface area contributed by atoms with Crippen molar-refractivity contribution in [3.8, 4) is 33.8 Å². The molecule has 5 rings (SSSR count). The summed E-state index contributed by atoms with van der Waals surface area (Å²) in [4.78, 5) is 17.9. The van der Waals surface area contributed by atoms with Crippen molar-refractivity contribution < 1.29 is 28.6 Å². The van der Waals surface area contributed by atoms with Crippen LogP contribution in [0.15, 0.2) is 59.0 Å². The number of furan rings is 1. The maximum absolute atomic E-state index is 13.6. The summed E-state index contributed by atoms with van der Waals surface area (Å²) in [6.07, 6.45) is 0. The van der Waals surface area contributed by atoms with Crippen molar-refractivity contribution in [2.24, 2.45) is 0 Å². The molecule has 0 saturated heterocycles. The van der Waals surface area contributed by atoms with Gasteiger partial charge < -0.3 is 19.4 Å². The number of benzene rings is 2. The molecule has 2 aromatic carbocycles. The number of thiazole rings is 1. The predicted molar refractivity (Wildman–Crippen MR) is 121 cm³/mol. The van der Waals surface area contributed by atoms with Gasteiger partial charge in [-0.1, -0.05) is 11.3 Å². The van der Waals surface area contributed by atoms with Crippen LogP contribution in [0.25, 0.3) is 26.6 Å². The number of aryl methyl sites for hydroxylation is 1. The quantitative estimate of drug-likeness (QED) is 0.336. The summed E-state index contributed by atoms with van der Waals surface area (Å²) < 4.78 is 26.4. The minimum atomic E-state index is -0.628. The third-order valence-corrected chi connectivity index (χ3v) is 6.21. The molecule has 0 spiro atoms. The fraction of sp³-hybridized carbons (Fsp3) is 0.0833. The summed E-state index contributed by atoms with van der Waals surface area (Å²) >= 11 is 1.23. The molecule has 166 valence electrons. The highest BCUT2D eigenvalue weighted by molar-refractivity contribution is 7.20. The van der Waals surface area contributed by atoms with Gasteiger partial charge in [-0.3, -0.25) is 9.36 Å². The monoisotopic (exact) mass is 464 g/mol. The van der Waals surface area contributed by atoms with Crippen molar-refractivity contribution in [3.05, 3.63) is 77.5 Å². The zero-order valence-electron chi connectivity index (χ0n) is 17.5. The molecule has 7 nitrogen and oxygen atoms in total. The van der Waals surface area contributed by atoms with Crippen LogP contribution in [0.5, 0.6) is 17.4 Å². The number of aromatic hydroxyl groups is 2. The Kier molecular flexibility index (Phi) is 4.90. The van der Waals surface area contributed by atoms with Gasteiger partial charge in [-0.25, -0.2) is 9.37 Å². The van der Waals surface area contributed by atoms with E-state index in [-0.39, 0.29) is 17.0 Å². The molecule has 0 fully saturated rings. The fourth-order valence-corrected chi connectivity index (χ4v) is 4.63. The number of methoxy groups -OCH3 is 1. The first-order valence-electron chi connectivity index (χ1n) is 9.86. The third kappa shape index (κ3) is 3.42. The van der Waals surface area contributed by atoms with E-state index in [1.54, 1.807) is 38.3 Å². The molecule has 9 heteroatoms. The molecule has 0 unspecified atom stereocenters. The number of hydrogen-bond donors (Lipinski definition) is 2. The number of hydrogen-bond acceptors (Lipinski definition) is 7. The van der Waals surface area contributed by atoms with Crippen LogP contribution in [0.3, 0.4) is 0 Å². The Morgan fingerprint density at radius 1 is 1.12 bits per heavy atom. The first kappa shape index (κ1) is 20.8. The minimum absolute atomic E-state index is 0.00246. The van der Waals surface area contributed by atoms with Crippen molar-refractivity contribution in [2.75, 3.05) is 7.11 Å². The maximum atomic E-state index is 13.6. The van der Waals surface area contributed by atoms with Gasteiger partial charge >= 0.3 is 0 Å². The number of ether oxygens (including phenoxy) is 1. The second-order valence-electron chi connectivity index (χ2n) is 7.31. The first-order valence-corrected chi connectivity index (χ1v) is 10.7. The predicted octanol–water partition coefficient (Wildman–Crippen LogP) is 5.45. The third-order valence-electron chi connectivity index (χ3n) is 5.21. The van der Waals surface area contributed by atoms with E-state index in [0.29, 0.717) is 27.7 Å². The highest BCUT2D eigenvalue weighted by Crippen LogP contribution is 2.45. The van der Waals surface area contributed by atoms with E-state index in [9.17, 15) is 19.4 Å². The summed E-state index contributed by atoms with van der Waals surface area (Å²) in [6, 6.07) is 13.8. The van der Waals surface area contributed by atoms with E-state index in [1.807, 2.05) is 0 Å². The Hall–Kier alpha value is -4.11. The van der Waals surface area contributed by atoms with Gasteiger partial charge in [0.2, 0.25) is 11.7 Å². The van der Waals surface area contributed by atoms with Crippen LogP contribution in [0.1, 0.15) is 21.9 Å². The molecule has 0 atom stereocenters. The lowest BCUT2D eigenvalue weighted by Gasteiger charge is -2.09. The second-order valence-corrected chi connectivity index (χ2v) is 8.32. The molecule has 3 aromatic heterocycles. The lowest BCUT2D eigenvalue weighted by Crippen LogP contribution is -2.04. The summed E-state index contributed by atoms with van der Waals surface area (Å²) in [5.41, 5.74) is 1.03. The number of rotatable bonds is 5. The fourth-order valence-electron chi connectivity index (χ4n) is 3.63. The number of ketones is 1. The number of halogens is 1. The molecule has 0 aliphatic rings. The number of aromatic nitrogens is 2. The molecule has 0 aliphatic heterocycles. The minimum Gasteiger partial charge on any atom is -0.503 e. The number of carbonyl (C=O) groups excluding carboxylic acids is 1. The molecule has 0 amide bonds. The molecular formula is C24H17FN2O5S. The van der Waals surface area contributed by atoms with Crippen LogP contribution >= 0.6 is 11.3 Å². The number of fused-ring (bicyclic) bond motifs is 1. The van der Waals surface area contributed by atoms with Crippen LogP contribution < -0.4 is 4.74 Å². The topological polar surface area (TPSA) is 97.7 Å². The van der Waals surface area contributed by atoms with E-state index >= 15 is 0 Å². The van der Waals surface area contributed by atoms with Crippen molar-refractivity contribution >= 4 is 27.3 Å². The average molecular weight is 464 g/mol. The molecule has 33 heavy (non-hydrogen) atoms. The Morgan fingerprint density at radius 2 is 1.88 bits per heavy atom. The van der Waals surface area contributed by atoms with Crippen LogP contribution in [-0.2, 0) is 0 Å². The SMILES string of the molecule is COc1ccc2nc(-n3c(O)c(O)c(C(=O)c4ccc(C)o4)c3-c3ccc(F)cc3)sc2c1. The molecule has 0 saturated carbocycles. The highest BCUT2D eigenvalue weighted by atomic mass is 32.1.